The number of hydrogen-bond donors (Lipinski definition) is 1. The van der Waals surface area contributed by atoms with E-state index in [0.717, 1.165) is 30.9 Å². The van der Waals surface area contributed by atoms with Gasteiger partial charge in [-0.1, -0.05) is 0 Å². The van der Waals surface area contributed by atoms with E-state index in [2.05, 4.69) is 5.43 Å². The van der Waals surface area contributed by atoms with E-state index >= 15 is 0 Å². The van der Waals surface area contributed by atoms with Crippen LogP contribution in [0.5, 0.6) is 0 Å². The third-order valence-corrected chi connectivity index (χ3v) is 5.18. The largest absolute Gasteiger partial charge is 0.436 e. The van der Waals surface area contributed by atoms with E-state index in [1.807, 2.05) is 0 Å². The predicted molar refractivity (Wildman–Crippen MR) is 107 cm³/mol. The van der Waals surface area contributed by atoms with Crippen LogP contribution in [0.4, 0.5) is 4.79 Å². The summed E-state index contributed by atoms with van der Waals surface area (Å²) in [6.45, 7) is 3.24. The van der Waals surface area contributed by atoms with Crippen LogP contribution in [0.15, 0.2) is 41.1 Å². The fourth-order valence-electron chi connectivity index (χ4n) is 2.88. The zero-order valence-electron chi connectivity index (χ0n) is 15.9. The Morgan fingerprint density at radius 1 is 1.03 bits per heavy atom. The van der Waals surface area contributed by atoms with Crippen molar-refractivity contribution in [2.45, 2.75) is 19.8 Å². The first-order valence-electron chi connectivity index (χ1n) is 9.25. The van der Waals surface area contributed by atoms with Gasteiger partial charge in [-0.05, 0) is 55.5 Å². The Morgan fingerprint density at radius 2 is 1.69 bits per heavy atom. The number of nitrogens with zero attached hydrogens (tertiary/aromatic N) is 2. The summed E-state index contributed by atoms with van der Waals surface area (Å²) < 4.78 is 4.78. The Hall–Kier alpha value is -3.20. The highest BCUT2D eigenvalue weighted by atomic mass is 32.1. The molecule has 0 unspecified atom stereocenters. The molecule has 1 aliphatic heterocycles. The van der Waals surface area contributed by atoms with E-state index in [-0.39, 0.29) is 23.6 Å². The number of thiophene rings is 1. The lowest BCUT2D eigenvalue weighted by atomic mass is 10.1. The average molecular weight is 415 g/mol. The third-order valence-electron chi connectivity index (χ3n) is 4.50. The van der Waals surface area contributed by atoms with Gasteiger partial charge in [-0.15, -0.1) is 0 Å². The fourth-order valence-corrected chi connectivity index (χ4v) is 3.51. The monoisotopic (exact) mass is 415 g/mol. The maximum absolute atomic E-state index is 12.4. The van der Waals surface area contributed by atoms with Gasteiger partial charge in [0.25, 0.3) is 11.8 Å². The summed E-state index contributed by atoms with van der Waals surface area (Å²) in [4.78, 5) is 50.6. The van der Waals surface area contributed by atoms with Crippen LogP contribution in [-0.4, -0.2) is 53.4 Å². The molecule has 0 bridgehead atoms. The minimum atomic E-state index is -0.974. The summed E-state index contributed by atoms with van der Waals surface area (Å²) in [7, 11) is 0. The number of esters is 1. The van der Waals surface area contributed by atoms with Crippen LogP contribution in [0.2, 0.25) is 0 Å². The average Bonchev–Trinajstić information content (AvgIpc) is 3.45. The van der Waals surface area contributed by atoms with E-state index in [1.54, 1.807) is 40.8 Å². The van der Waals surface area contributed by atoms with Crippen LogP contribution in [0, 0.1) is 0 Å². The predicted octanol–water partition coefficient (Wildman–Crippen LogP) is 2.93. The Kier molecular flexibility index (Phi) is 6.61. The van der Waals surface area contributed by atoms with Gasteiger partial charge in [-0.25, -0.2) is 14.6 Å². The molecule has 2 heterocycles. The van der Waals surface area contributed by atoms with Crippen LogP contribution in [0.3, 0.4) is 0 Å². The van der Waals surface area contributed by atoms with Crippen molar-refractivity contribution in [3.05, 3.63) is 57.8 Å². The van der Waals surface area contributed by atoms with Crippen molar-refractivity contribution in [3.8, 4) is 0 Å². The van der Waals surface area contributed by atoms with Crippen LogP contribution in [0.25, 0.3) is 0 Å². The summed E-state index contributed by atoms with van der Waals surface area (Å²) in [5, 5.41) is 4.17. The molecule has 0 spiro atoms. The molecule has 152 valence electrons. The lowest BCUT2D eigenvalue weighted by molar-refractivity contribution is 0.0471. The number of carbonyl (C=O) groups is 4. The first-order valence-corrected chi connectivity index (χ1v) is 10.2. The van der Waals surface area contributed by atoms with Gasteiger partial charge in [0.2, 0.25) is 0 Å². The van der Waals surface area contributed by atoms with Crippen molar-refractivity contribution < 1.29 is 23.9 Å². The van der Waals surface area contributed by atoms with E-state index in [1.165, 1.54) is 23.5 Å². The minimum Gasteiger partial charge on any atom is -0.371 e. The summed E-state index contributed by atoms with van der Waals surface area (Å²) in [5.74, 6) is -1.39. The molecule has 0 saturated carbocycles. The van der Waals surface area contributed by atoms with E-state index in [0.29, 0.717) is 5.56 Å². The molecule has 0 aliphatic carbocycles. The summed E-state index contributed by atoms with van der Waals surface area (Å²) in [6.07, 6.45) is 1.03. The molecule has 1 N–H and O–H groups in total. The molecule has 9 heteroatoms. The molecule has 1 aromatic heterocycles. The molecular formula is C20H21N3O5S. The zero-order valence-corrected chi connectivity index (χ0v) is 16.7. The second-order valence-electron chi connectivity index (χ2n) is 6.43. The second kappa shape index (κ2) is 9.33. The molecule has 3 amide bonds. The number of rotatable bonds is 4. The smallest absolute Gasteiger partial charge is 0.371 e. The van der Waals surface area contributed by atoms with Gasteiger partial charge in [-0.3, -0.25) is 15.0 Å². The summed E-state index contributed by atoms with van der Waals surface area (Å²) >= 11 is 1.31. The van der Waals surface area contributed by atoms with Gasteiger partial charge >= 0.3 is 12.1 Å². The maximum Gasteiger partial charge on any atom is 0.436 e. The Labute approximate surface area is 172 Å². The Balaban J connectivity index is 1.59. The van der Waals surface area contributed by atoms with Gasteiger partial charge < -0.3 is 9.64 Å². The number of nitrogens with one attached hydrogen (secondary N) is 1. The van der Waals surface area contributed by atoms with Crippen LogP contribution in [-0.2, 0) is 4.74 Å². The molecule has 0 atom stereocenters. The number of hydrazine groups is 1. The number of likely N-dealkylation sites (tertiary alicyclic amines) is 1. The lowest BCUT2D eigenvalue weighted by Gasteiger charge is -2.20. The summed E-state index contributed by atoms with van der Waals surface area (Å²) in [5.41, 5.74) is 3.47. The van der Waals surface area contributed by atoms with Crippen molar-refractivity contribution in [2.75, 3.05) is 19.6 Å². The van der Waals surface area contributed by atoms with E-state index in [9.17, 15) is 19.2 Å². The van der Waals surface area contributed by atoms with E-state index < -0.39 is 18.0 Å². The molecule has 1 saturated heterocycles. The van der Waals surface area contributed by atoms with Gasteiger partial charge in [0.1, 0.15) is 0 Å². The standard InChI is InChI=1S/C20H21N3O5S/c1-2-23(20(27)28-19(26)16-9-12-29-13-16)21-17(24)14-5-7-15(8-6-14)18(25)22-10-3-4-11-22/h5-9,12-13H,2-4,10-11H2,1H3,(H,21,24). The molecule has 1 aliphatic rings. The SMILES string of the molecule is CCN(NC(=O)c1ccc(C(=O)N2CCCC2)cc1)C(=O)OC(=O)c1ccsc1. The highest BCUT2D eigenvalue weighted by Gasteiger charge is 2.22. The van der Waals surface area contributed by atoms with Gasteiger partial charge in [0, 0.05) is 36.1 Å². The Morgan fingerprint density at radius 3 is 2.28 bits per heavy atom. The van der Waals surface area contributed by atoms with Gasteiger partial charge in [0.05, 0.1) is 5.56 Å². The quantitative estimate of drug-likeness (QED) is 0.471. The molecule has 2 aromatic rings. The first-order chi connectivity index (χ1) is 14.0. The topological polar surface area (TPSA) is 96.0 Å². The normalized spacial score (nSPS) is 13.1. The molecule has 29 heavy (non-hydrogen) atoms. The van der Waals surface area contributed by atoms with Crippen molar-refractivity contribution in [2.24, 2.45) is 0 Å². The van der Waals surface area contributed by atoms with Crippen LogP contribution >= 0.6 is 11.3 Å². The number of benzene rings is 1. The molecular weight excluding hydrogens is 394 g/mol. The zero-order chi connectivity index (χ0) is 20.8. The number of amides is 3. The molecule has 8 nitrogen and oxygen atoms in total. The molecule has 1 fully saturated rings. The number of ether oxygens (including phenoxy) is 1. The second-order valence-corrected chi connectivity index (χ2v) is 7.21. The third kappa shape index (κ3) is 5.00. The minimum absolute atomic E-state index is 0.0554. The maximum atomic E-state index is 12.4. The van der Waals surface area contributed by atoms with Crippen molar-refractivity contribution in [1.82, 2.24) is 15.3 Å². The first kappa shape index (κ1) is 20.5. The summed E-state index contributed by atoms with van der Waals surface area (Å²) in [6, 6.07) is 7.76. The van der Waals surface area contributed by atoms with Crippen molar-refractivity contribution in [1.29, 1.82) is 0 Å². The molecule has 1 aromatic carbocycles. The number of carbonyl (C=O) groups excluding carboxylic acids is 4. The Bertz CT molecular complexity index is 889. The fraction of sp³-hybridized carbons (Fsp3) is 0.300. The highest BCUT2D eigenvalue weighted by Crippen LogP contribution is 2.14. The molecule has 0 radical (unpaired) electrons. The lowest BCUT2D eigenvalue weighted by Crippen LogP contribution is -2.46. The van der Waals surface area contributed by atoms with Crippen molar-refractivity contribution >= 4 is 35.2 Å². The van der Waals surface area contributed by atoms with Crippen LogP contribution < -0.4 is 5.43 Å². The number of hydrogen-bond acceptors (Lipinski definition) is 6. The van der Waals surface area contributed by atoms with Crippen molar-refractivity contribution in [3.63, 3.8) is 0 Å². The van der Waals surface area contributed by atoms with Gasteiger partial charge in [0.15, 0.2) is 0 Å². The van der Waals surface area contributed by atoms with Crippen LogP contribution in [0.1, 0.15) is 50.8 Å². The highest BCUT2D eigenvalue weighted by molar-refractivity contribution is 7.08. The molecule has 3 rings (SSSR count). The van der Waals surface area contributed by atoms with E-state index in [4.69, 9.17) is 4.74 Å². The van der Waals surface area contributed by atoms with Gasteiger partial charge in [-0.2, -0.15) is 11.3 Å².